The lowest BCUT2D eigenvalue weighted by Gasteiger charge is -2.29. The van der Waals surface area contributed by atoms with Gasteiger partial charge in [-0.25, -0.2) is 9.97 Å². The lowest BCUT2D eigenvalue weighted by Crippen LogP contribution is -2.39. The molecule has 140 valence electrons. The molecule has 3 aromatic rings. The van der Waals surface area contributed by atoms with Crippen LogP contribution in [0.3, 0.4) is 0 Å². The lowest BCUT2D eigenvalue weighted by molar-refractivity contribution is 0.0897. The van der Waals surface area contributed by atoms with Gasteiger partial charge in [0, 0.05) is 17.6 Å². The fraction of sp³-hybridized carbons (Fsp3) is 0.350. The van der Waals surface area contributed by atoms with Crippen LogP contribution in [0, 0.1) is 6.92 Å². The molecule has 1 fully saturated rings. The third kappa shape index (κ3) is 4.06. The Kier molecular flexibility index (Phi) is 5.27. The van der Waals surface area contributed by atoms with Crippen LogP contribution in [0.4, 0.5) is 0 Å². The Morgan fingerprint density at radius 3 is 2.78 bits per heavy atom. The molecular formula is C20H20ClN3O2S. The molecule has 0 saturated heterocycles. The summed E-state index contributed by atoms with van der Waals surface area (Å²) in [5.74, 6) is 0.830. The van der Waals surface area contributed by atoms with Crippen molar-refractivity contribution in [1.29, 1.82) is 0 Å². The summed E-state index contributed by atoms with van der Waals surface area (Å²) in [5.41, 5.74) is 2.50. The molecule has 0 atom stereocenters. The molecule has 1 aliphatic carbocycles. The number of rotatable bonds is 4. The summed E-state index contributed by atoms with van der Waals surface area (Å²) in [4.78, 5) is 21.3. The molecule has 1 saturated carbocycles. The number of carbonyl (C=O) groups excluding carboxylic acids is 1. The average Bonchev–Trinajstić information content (AvgIpc) is 3.10. The van der Waals surface area contributed by atoms with Crippen molar-refractivity contribution < 1.29 is 9.53 Å². The molecule has 0 spiro atoms. The number of nitrogens with zero attached hydrogens (tertiary/aromatic N) is 2. The highest BCUT2D eigenvalue weighted by atomic mass is 35.5. The zero-order chi connectivity index (χ0) is 18.8. The van der Waals surface area contributed by atoms with E-state index in [0.717, 1.165) is 47.9 Å². The predicted molar refractivity (Wildman–Crippen MR) is 108 cm³/mol. The van der Waals surface area contributed by atoms with Crippen LogP contribution >= 0.6 is 22.9 Å². The first kappa shape index (κ1) is 18.2. The summed E-state index contributed by atoms with van der Waals surface area (Å²) in [5, 5.41) is 5.59. The second kappa shape index (κ2) is 7.82. The molecule has 0 unspecified atom stereocenters. The van der Waals surface area contributed by atoms with E-state index < -0.39 is 0 Å². The quantitative estimate of drug-likeness (QED) is 0.639. The highest BCUT2D eigenvalue weighted by Gasteiger charge is 2.25. The smallest absolute Gasteiger partial charge is 0.263 e. The zero-order valence-corrected chi connectivity index (χ0v) is 16.5. The number of benzene rings is 1. The highest BCUT2D eigenvalue weighted by molar-refractivity contribution is 7.11. The molecule has 7 heteroatoms. The Bertz CT molecular complexity index is 967. The third-order valence-electron chi connectivity index (χ3n) is 4.95. The van der Waals surface area contributed by atoms with Gasteiger partial charge in [-0.2, -0.15) is 0 Å². The molecule has 0 bridgehead atoms. The van der Waals surface area contributed by atoms with Crippen LogP contribution in [-0.4, -0.2) is 28.0 Å². The molecule has 0 aliphatic heterocycles. The number of hydrogen-bond donors (Lipinski definition) is 1. The minimum absolute atomic E-state index is 0.0145. The van der Waals surface area contributed by atoms with Crippen LogP contribution in [-0.2, 0) is 0 Å². The van der Waals surface area contributed by atoms with Gasteiger partial charge in [-0.3, -0.25) is 4.79 Å². The predicted octanol–water partition coefficient (Wildman–Crippen LogP) is 4.77. The van der Waals surface area contributed by atoms with Crippen LogP contribution < -0.4 is 10.1 Å². The van der Waals surface area contributed by atoms with Gasteiger partial charge in [-0.15, -0.1) is 11.3 Å². The van der Waals surface area contributed by atoms with E-state index in [0.29, 0.717) is 10.0 Å². The Balaban J connectivity index is 1.33. The monoisotopic (exact) mass is 401 g/mol. The van der Waals surface area contributed by atoms with Crippen molar-refractivity contribution in [2.45, 2.75) is 44.8 Å². The van der Waals surface area contributed by atoms with E-state index in [1.165, 1.54) is 11.3 Å². The molecular weight excluding hydrogens is 382 g/mol. The number of nitrogens with one attached hydrogen (secondary N) is 1. The maximum Gasteiger partial charge on any atom is 0.263 e. The summed E-state index contributed by atoms with van der Waals surface area (Å²) in [6, 6.07) is 8.02. The van der Waals surface area contributed by atoms with Gasteiger partial charge in [-0.05, 0) is 62.3 Å². The minimum Gasteiger partial charge on any atom is -0.490 e. The van der Waals surface area contributed by atoms with E-state index in [2.05, 4.69) is 15.3 Å². The second-order valence-electron chi connectivity index (χ2n) is 6.82. The summed E-state index contributed by atoms with van der Waals surface area (Å²) in [6.07, 6.45) is 5.53. The molecule has 1 aliphatic rings. The summed E-state index contributed by atoms with van der Waals surface area (Å²) in [6.45, 7) is 1.86. The Morgan fingerprint density at radius 2 is 2.04 bits per heavy atom. The molecule has 5 nitrogen and oxygen atoms in total. The van der Waals surface area contributed by atoms with E-state index >= 15 is 0 Å². The van der Waals surface area contributed by atoms with Crippen LogP contribution in [0.25, 0.3) is 10.8 Å². The first-order valence-electron chi connectivity index (χ1n) is 9.02. The fourth-order valence-electron chi connectivity index (χ4n) is 3.48. The first-order chi connectivity index (χ1) is 13.1. The van der Waals surface area contributed by atoms with E-state index in [-0.39, 0.29) is 18.1 Å². The van der Waals surface area contributed by atoms with Crippen molar-refractivity contribution in [3.63, 3.8) is 0 Å². The molecule has 1 N–H and O–H groups in total. The number of aromatic nitrogens is 2. The van der Waals surface area contributed by atoms with Crippen molar-refractivity contribution >= 4 is 39.6 Å². The largest absolute Gasteiger partial charge is 0.490 e. The van der Waals surface area contributed by atoms with Gasteiger partial charge in [0.05, 0.1) is 17.3 Å². The van der Waals surface area contributed by atoms with E-state index in [4.69, 9.17) is 16.3 Å². The molecule has 1 amide bonds. The van der Waals surface area contributed by atoms with Gasteiger partial charge in [0.25, 0.3) is 5.91 Å². The molecule has 27 heavy (non-hydrogen) atoms. The molecule has 0 radical (unpaired) electrons. The Morgan fingerprint density at radius 1 is 1.22 bits per heavy atom. The fourth-order valence-corrected chi connectivity index (χ4v) is 4.41. The van der Waals surface area contributed by atoms with Crippen LogP contribution in [0.1, 0.15) is 41.0 Å². The van der Waals surface area contributed by atoms with Crippen molar-refractivity contribution in [3.8, 4) is 5.75 Å². The SMILES string of the molecule is Cc1ncsc1C(=O)N[C@H]1CC[C@@H](Oc2ccc3c(Cl)nccc3c2)CC1. The van der Waals surface area contributed by atoms with Gasteiger partial charge >= 0.3 is 0 Å². The van der Waals surface area contributed by atoms with Crippen molar-refractivity contribution in [1.82, 2.24) is 15.3 Å². The van der Waals surface area contributed by atoms with Gasteiger partial charge in [0.1, 0.15) is 15.8 Å². The number of pyridine rings is 1. The Hall–Kier alpha value is -2.18. The second-order valence-corrected chi connectivity index (χ2v) is 8.03. The minimum atomic E-state index is -0.0145. The summed E-state index contributed by atoms with van der Waals surface area (Å²) >= 11 is 7.50. The number of ether oxygens (including phenoxy) is 1. The van der Waals surface area contributed by atoms with Gasteiger partial charge in [0.2, 0.25) is 0 Å². The third-order valence-corrected chi connectivity index (χ3v) is 6.18. The van der Waals surface area contributed by atoms with Crippen LogP contribution in [0.2, 0.25) is 5.15 Å². The Labute approximate surface area is 166 Å². The van der Waals surface area contributed by atoms with Gasteiger partial charge in [-0.1, -0.05) is 11.6 Å². The number of aryl methyl sites for hydroxylation is 1. The van der Waals surface area contributed by atoms with Gasteiger partial charge in [0.15, 0.2) is 0 Å². The number of hydrogen-bond acceptors (Lipinski definition) is 5. The maximum atomic E-state index is 12.3. The summed E-state index contributed by atoms with van der Waals surface area (Å²) < 4.78 is 6.16. The average molecular weight is 402 g/mol. The first-order valence-corrected chi connectivity index (χ1v) is 10.3. The number of amides is 1. The van der Waals surface area contributed by atoms with E-state index in [9.17, 15) is 4.79 Å². The van der Waals surface area contributed by atoms with E-state index in [1.807, 2.05) is 31.2 Å². The number of halogens is 1. The van der Waals surface area contributed by atoms with Crippen LogP contribution in [0.15, 0.2) is 36.0 Å². The molecule has 4 rings (SSSR count). The lowest BCUT2D eigenvalue weighted by atomic mass is 9.93. The highest BCUT2D eigenvalue weighted by Crippen LogP contribution is 2.28. The number of carbonyl (C=O) groups is 1. The van der Waals surface area contributed by atoms with Crippen LogP contribution in [0.5, 0.6) is 5.75 Å². The number of thiazole rings is 1. The molecule has 1 aromatic carbocycles. The van der Waals surface area contributed by atoms with Crippen molar-refractivity contribution in [2.24, 2.45) is 0 Å². The molecule has 2 heterocycles. The summed E-state index contributed by atoms with van der Waals surface area (Å²) in [7, 11) is 0. The molecule has 2 aromatic heterocycles. The standard InChI is InChI=1S/C20H20ClN3O2S/c1-12-18(27-11-23-12)20(25)24-14-2-4-15(5-3-14)26-16-6-7-17-13(10-16)8-9-22-19(17)21/h6-11,14-15H,2-5H2,1H3,(H,24,25)/t14-,15+. The van der Waals surface area contributed by atoms with E-state index in [1.54, 1.807) is 11.7 Å². The maximum absolute atomic E-state index is 12.3. The van der Waals surface area contributed by atoms with Crippen molar-refractivity contribution in [2.75, 3.05) is 0 Å². The normalized spacial score (nSPS) is 19.8. The number of fused-ring (bicyclic) bond motifs is 1. The zero-order valence-electron chi connectivity index (χ0n) is 14.9. The van der Waals surface area contributed by atoms with Gasteiger partial charge < -0.3 is 10.1 Å². The topological polar surface area (TPSA) is 64.1 Å². The van der Waals surface area contributed by atoms with Crippen molar-refractivity contribution in [3.05, 3.63) is 51.7 Å².